The molecule has 2 heterocycles. The Morgan fingerprint density at radius 1 is 1.29 bits per heavy atom. The quantitative estimate of drug-likeness (QED) is 0.538. The first-order chi connectivity index (χ1) is 14.9. The van der Waals surface area contributed by atoms with Gasteiger partial charge in [-0.05, 0) is 62.9 Å². The van der Waals surface area contributed by atoms with Gasteiger partial charge in [-0.1, -0.05) is 11.6 Å². The molecule has 0 aliphatic rings. The maximum absolute atomic E-state index is 12.7. The summed E-state index contributed by atoms with van der Waals surface area (Å²) in [6.45, 7) is 5.40. The Morgan fingerprint density at radius 3 is 2.68 bits per heavy atom. The van der Waals surface area contributed by atoms with Crippen molar-refractivity contribution in [2.45, 2.75) is 20.4 Å². The molecule has 1 amide bonds. The Bertz CT molecular complexity index is 1070. The lowest BCUT2D eigenvalue weighted by molar-refractivity contribution is -0.117. The number of hydrogen-bond donors (Lipinski definition) is 1. The SMILES string of the molecule is Cc1c(C#N)c(NC(=O)CN(C)CCOc2ccc(Cl)cc2)n(Cc2ccco2)c1C. The van der Waals surface area contributed by atoms with Crippen LogP contribution in [-0.4, -0.2) is 42.1 Å². The molecule has 1 aromatic carbocycles. The van der Waals surface area contributed by atoms with Crippen LogP contribution >= 0.6 is 11.6 Å². The van der Waals surface area contributed by atoms with E-state index in [-0.39, 0.29) is 12.5 Å². The fourth-order valence-electron chi connectivity index (χ4n) is 3.23. The maximum Gasteiger partial charge on any atom is 0.239 e. The largest absolute Gasteiger partial charge is 0.492 e. The van der Waals surface area contributed by atoms with Gasteiger partial charge in [-0.2, -0.15) is 5.26 Å². The molecule has 7 nitrogen and oxygen atoms in total. The first-order valence-electron chi connectivity index (χ1n) is 9.88. The van der Waals surface area contributed by atoms with E-state index in [2.05, 4.69) is 11.4 Å². The Balaban J connectivity index is 1.60. The zero-order chi connectivity index (χ0) is 22.4. The van der Waals surface area contributed by atoms with Gasteiger partial charge in [0.2, 0.25) is 5.91 Å². The van der Waals surface area contributed by atoms with E-state index in [0.29, 0.717) is 36.1 Å². The van der Waals surface area contributed by atoms with Crippen LogP contribution in [0.15, 0.2) is 47.1 Å². The second-order valence-corrected chi connectivity index (χ2v) is 7.74. The highest BCUT2D eigenvalue weighted by Gasteiger charge is 2.20. The molecule has 0 saturated carbocycles. The van der Waals surface area contributed by atoms with Crippen molar-refractivity contribution < 1.29 is 13.9 Å². The van der Waals surface area contributed by atoms with E-state index in [9.17, 15) is 10.1 Å². The molecule has 162 valence electrons. The number of nitrogens with one attached hydrogen (secondary N) is 1. The summed E-state index contributed by atoms with van der Waals surface area (Å²) in [4.78, 5) is 14.5. The van der Waals surface area contributed by atoms with E-state index in [4.69, 9.17) is 20.8 Å². The monoisotopic (exact) mass is 440 g/mol. The van der Waals surface area contributed by atoms with Crippen molar-refractivity contribution in [2.75, 3.05) is 32.1 Å². The number of carbonyl (C=O) groups is 1. The van der Waals surface area contributed by atoms with E-state index in [1.165, 1.54) is 0 Å². The molecular formula is C23H25ClN4O3. The number of benzene rings is 1. The Kier molecular flexibility index (Phi) is 7.40. The number of amides is 1. The van der Waals surface area contributed by atoms with Gasteiger partial charge in [0.05, 0.1) is 24.9 Å². The van der Waals surface area contributed by atoms with Crippen molar-refractivity contribution in [3.63, 3.8) is 0 Å². The zero-order valence-corrected chi connectivity index (χ0v) is 18.6. The number of nitrogens with zero attached hydrogens (tertiary/aromatic N) is 3. The highest BCUT2D eigenvalue weighted by molar-refractivity contribution is 6.30. The molecule has 8 heteroatoms. The lowest BCUT2D eigenvalue weighted by atomic mass is 10.2. The van der Waals surface area contributed by atoms with E-state index in [1.807, 2.05) is 42.5 Å². The molecule has 2 aromatic heterocycles. The number of ether oxygens (including phenoxy) is 1. The summed E-state index contributed by atoms with van der Waals surface area (Å²) in [5.41, 5.74) is 2.22. The van der Waals surface area contributed by atoms with Crippen LogP contribution in [0.1, 0.15) is 22.6 Å². The molecule has 1 N–H and O–H groups in total. The lowest BCUT2D eigenvalue weighted by Gasteiger charge is -2.18. The first kappa shape index (κ1) is 22.5. The van der Waals surface area contributed by atoms with Crippen molar-refractivity contribution >= 4 is 23.3 Å². The second kappa shape index (κ2) is 10.2. The molecule has 3 aromatic rings. The van der Waals surface area contributed by atoms with Crippen LogP contribution in [-0.2, 0) is 11.3 Å². The summed E-state index contributed by atoms with van der Waals surface area (Å²) in [6, 6.07) is 13.0. The molecule has 0 saturated heterocycles. The fraction of sp³-hybridized carbons (Fsp3) is 0.304. The summed E-state index contributed by atoms with van der Waals surface area (Å²) >= 11 is 5.87. The molecule has 0 fully saturated rings. The predicted octanol–water partition coefficient (Wildman–Crippen LogP) is 4.22. The van der Waals surface area contributed by atoms with E-state index < -0.39 is 0 Å². The number of hydrogen-bond acceptors (Lipinski definition) is 5. The van der Waals surface area contributed by atoms with Gasteiger partial charge in [0.15, 0.2) is 0 Å². The molecular weight excluding hydrogens is 416 g/mol. The summed E-state index contributed by atoms with van der Waals surface area (Å²) in [6.07, 6.45) is 1.60. The van der Waals surface area contributed by atoms with Crippen molar-refractivity contribution in [3.8, 4) is 11.8 Å². The van der Waals surface area contributed by atoms with Crippen LogP contribution in [0.2, 0.25) is 5.02 Å². The smallest absolute Gasteiger partial charge is 0.239 e. The van der Waals surface area contributed by atoms with E-state index in [0.717, 1.165) is 22.8 Å². The maximum atomic E-state index is 12.7. The molecule has 0 unspecified atom stereocenters. The summed E-state index contributed by atoms with van der Waals surface area (Å²) in [7, 11) is 1.84. The Morgan fingerprint density at radius 2 is 2.03 bits per heavy atom. The Labute approximate surface area is 186 Å². The number of rotatable bonds is 9. The molecule has 0 spiro atoms. The minimum absolute atomic E-state index is 0.166. The molecule has 0 aliphatic heterocycles. The van der Waals surface area contributed by atoms with Crippen LogP contribution < -0.4 is 10.1 Å². The number of furan rings is 1. The van der Waals surface area contributed by atoms with Crippen LogP contribution in [0.4, 0.5) is 5.82 Å². The average molecular weight is 441 g/mol. The zero-order valence-electron chi connectivity index (χ0n) is 17.8. The summed E-state index contributed by atoms with van der Waals surface area (Å²) < 4.78 is 13.0. The van der Waals surface area contributed by atoms with Crippen molar-refractivity contribution in [1.82, 2.24) is 9.47 Å². The van der Waals surface area contributed by atoms with Gasteiger partial charge in [0.1, 0.15) is 30.0 Å². The first-order valence-corrected chi connectivity index (χ1v) is 10.3. The molecule has 0 bridgehead atoms. The minimum Gasteiger partial charge on any atom is -0.492 e. The van der Waals surface area contributed by atoms with Crippen molar-refractivity contribution in [3.05, 3.63) is 70.3 Å². The standard InChI is InChI=1S/C23H25ClN4O3/c1-16-17(2)28(14-20-5-4-11-30-20)23(21(16)13-25)26-22(29)15-27(3)10-12-31-19-8-6-18(24)7-9-19/h4-9,11H,10,12,14-15H2,1-3H3,(H,26,29). The van der Waals surface area contributed by atoms with Gasteiger partial charge in [-0.15, -0.1) is 0 Å². The molecule has 0 aliphatic carbocycles. The van der Waals surface area contributed by atoms with Crippen LogP contribution in [0.5, 0.6) is 5.75 Å². The summed E-state index contributed by atoms with van der Waals surface area (Å²) in [5, 5.41) is 13.2. The molecule has 31 heavy (non-hydrogen) atoms. The lowest BCUT2D eigenvalue weighted by Crippen LogP contribution is -2.33. The van der Waals surface area contributed by atoms with Gasteiger partial charge in [-0.25, -0.2) is 0 Å². The third-order valence-corrected chi connectivity index (χ3v) is 5.31. The van der Waals surface area contributed by atoms with Gasteiger partial charge >= 0.3 is 0 Å². The van der Waals surface area contributed by atoms with E-state index >= 15 is 0 Å². The fourth-order valence-corrected chi connectivity index (χ4v) is 3.36. The molecule has 0 atom stereocenters. The van der Waals surface area contributed by atoms with Gasteiger partial charge in [0.25, 0.3) is 0 Å². The number of nitriles is 1. The Hall–Kier alpha value is -3.21. The number of likely N-dealkylation sites (N-methyl/N-ethyl adjacent to an activating group) is 1. The second-order valence-electron chi connectivity index (χ2n) is 7.30. The van der Waals surface area contributed by atoms with Gasteiger partial charge < -0.3 is 19.0 Å². The predicted molar refractivity (Wildman–Crippen MR) is 120 cm³/mol. The normalized spacial score (nSPS) is 10.8. The topological polar surface area (TPSA) is 83.4 Å². The summed E-state index contributed by atoms with van der Waals surface area (Å²) in [5.74, 6) is 1.76. The number of carbonyl (C=O) groups excluding carboxylic acids is 1. The number of anilines is 1. The van der Waals surface area contributed by atoms with Crippen LogP contribution in [0, 0.1) is 25.2 Å². The van der Waals surface area contributed by atoms with Crippen molar-refractivity contribution in [2.24, 2.45) is 0 Å². The number of halogens is 1. The highest BCUT2D eigenvalue weighted by Crippen LogP contribution is 2.27. The highest BCUT2D eigenvalue weighted by atomic mass is 35.5. The van der Waals surface area contributed by atoms with Crippen LogP contribution in [0.25, 0.3) is 0 Å². The van der Waals surface area contributed by atoms with E-state index in [1.54, 1.807) is 30.5 Å². The molecule has 0 radical (unpaired) electrons. The average Bonchev–Trinajstić information content (AvgIpc) is 3.32. The van der Waals surface area contributed by atoms with Gasteiger partial charge in [0, 0.05) is 17.3 Å². The van der Waals surface area contributed by atoms with Gasteiger partial charge in [-0.3, -0.25) is 9.69 Å². The minimum atomic E-state index is -0.205. The van der Waals surface area contributed by atoms with Crippen LogP contribution in [0.3, 0.4) is 0 Å². The third-order valence-electron chi connectivity index (χ3n) is 5.06. The third kappa shape index (κ3) is 5.69. The molecule has 3 rings (SSSR count). The van der Waals surface area contributed by atoms with Crippen molar-refractivity contribution in [1.29, 1.82) is 5.26 Å². The number of aromatic nitrogens is 1.